The Labute approximate surface area is 156 Å². The Bertz CT molecular complexity index is 991. The van der Waals surface area contributed by atoms with E-state index in [-0.39, 0.29) is 5.91 Å². The van der Waals surface area contributed by atoms with E-state index >= 15 is 0 Å². The molecule has 0 atom stereocenters. The molecule has 2 aromatic carbocycles. The molecule has 3 rings (SSSR count). The van der Waals surface area contributed by atoms with Gasteiger partial charge in [-0.2, -0.15) is 0 Å². The second-order valence-corrected chi connectivity index (χ2v) is 5.65. The van der Waals surface area contributed by atoms with Crippen molar-refractivity contribution in [2.75, 3.05) is 32.0 Å². The van der Waals surface area contributed by atoms with Crippen molar-refractivity contribution in [2.24, 2.45) is 0 Å². The number of rotatable bonds is 6. The zero-order valence-electron chi connectivity index (χ0n) is 15.5. The lowest BCUT2D eigenvalue weighted by atomic mass is 10.1. The summed E-state index contributed by atoms with van der Waals surface area (Å²) >= 11 is 0. The van der Waals surface area contributed by atoms with Gasteiger partial charge in [0.2, 0.25) is 11.7 Å². The van der Waals surface area contributed by atoms with E-state index in [0.717, 1.165) is 5.69 Å². The van der Waals surface area contributed by atoms with Crippen LogP contribution in [0.2, 0.25) is 0 Å². The largest absolute Gasteiger partial charge is 0.493 e. The summed E-state index contributed by atoms with van der Waals surface area (Å²) in [5, 5.41) is 6.70. The molecule has 0 aliphatic carbocycles. The molecule has 1 amide bonds. The number of hydrogen-bond acceptors (Lipinski definition) is 7. The van der Waals surface area contributed by atoms with Gasteiger partial charge in [0.15, 0.2) is 11.5 Å². The average molecular weight is 368 g/mol. The molecule has 1 aromatic heterocycles. The van der Waals surface area contributed by atoms with Crippen LogP contribution in [0.3, 0.4) is 0 Å². The smallest absolute Gasteiger partial charge is 0.221 e. The molecule has 8 heteroatoms. The van der Waals surface area contributed by atoms with Crippen LogP contribution in [0, 0.1) is 0 Å². The molecule has 8 nitrogen and oxygen atoms in total. The average Bonchev–Trinajstić information content (AvgIpc) is 2.66. The molecule has 0 aliphatic heterocycles. The quantitative estimate of drug-likeness (QED) is 0.689. The number of fused-ring (bicyclic) bond motifs is 1. The SMILES string of the molecule is COc1cc2c(Nc3cccc(NC(C)=O)c3)ncnc2c(OC)c1OC. The molecule has 0 bridgehead atoms. The van der Waals surface area contributed by atoms with Crippen LogP contribution in [0.25, 0.3) is 10.9 Å². The maximum Gasteiger partial charge on any atom is 0.221 e. The Balaban J connectivity index is 2.09. The number of aromatic nitrogens is 2. The van der Waals surface area contributed by atoms with E-state index < -0.39 is 0 Å². The van der Waals surface area contributed by atoms with Gasteiger partial charge >= 0.3 is 0 Å². The lowest BCUT2D eigenvalue weighted by Crippen LogP contribution is -2.06. The minimum atomic E-state index is -0.138. The van der Waals surface area contributed by atoms with Crippen molar-refractivity contribution >= 4 is 34.0 Å². The van der Waals surface area contributed by atoms with Crippen LogP contribution in [0.4, 0.5) is 17.2 Å². The number of anilines is 3. The minimum Gasteiger partial charge on any atom is -0.493 e. The Morgan fingerprint density at radius 1 is 0.963 bits per heavy atom. The number of benzene rings is 2. The Kier molecular flexibility index (Phi) is 5.25. The zero-order chi connectivity index (χ0) is 19.4. The van der Waals surface area contributed by atoms with Gasteiger partial charge in [-0.1, -0.05) is 6.07 Å². The van der Waals surface area contributed by atoms with E-state index in [1.54, 1.807) is 27.4 Å². The lowest BCUT2D eigenvalue weighted by Gasteiger charge is -2.16. The fourth-order valence-corrected chi connectivity index (χ4v) is 2.78. The van der Waals surface area contributed by atoms with Gasteiger partial charge < -0.3 is 24.8 Å². The van der Waals surface area contributed by atoms with Crippen LogP contribution < -0.4 is 24.8 Å². The third-order valence-electron chi connectivity index (χ3n) is 3.88. The number of methoxy groups -OCH3 is 3. The maximum absolute atomic E-state index is 11.3. The highest BCUT2D eigenvalue weighted by Gasteiger charge is 2.19. The highest BCUT2D eigenvalue weighted by atomic mass is 16.5. The zero-order valence-corrected chi connectivity index (χ0v) is 15.5. The van der Waals surface area contributed by atoms with Gasteiger partial charge in [0.1, 0.15) is 17.7 Å². The first-order chi connectivity index (χ1) is 13.1. The fraction of sp³-hybridized carbons (Fsp3) is 0.211. The summed E-state index contributed by atoms with van der Waals surface area (Å²) in [5.74, 6) is 1.86. The molecule has 1 heterocycles. The molecule has 140 valence electrons. The van der Waals surface area contributed by atoms with E-state index in [1.807, 2.05) is 24.3 Å². The monoisotopic (exact) mass is 368 g/mol. The first-order valence-electron chi connectivity index (χ1n) is 8.15. The molecule has 2 N–H and O–H groups in total. The van der Waals surface area contributed by atoms with Crippen molar-refractivity contribution in [3.63, 3.8) is 0 Å². The van der Waals surface area contributed by atoms with E-state index in [1.165, 1.54) is 13.3 Å². The Morgan fingerprint density at radius 3 is 2.37 bits per heavy atom. The highest BCUT2D eigenvalue weighted by molar-refractivity contribution is 5.98. The summed E-state index contributed by atoms with van der Waals surface area (Å²) in [6, 6.07) is 9.12. The van der Waals surface area contributed by atoms with Gasteiger partial charge in [-0.15, -0.1) is 0 Å². The third kappa shape index (κ3) is 3.69. The first-order valence-corrected chi connectivity index (χ1v) is 8.15. The van der Waals surface area contributed by atoms with Gasteiger partial charge in [0.05, 0.1) is 26.7 Å². The van der Waals surface area contributed by atoms with Gasteiger partial charge in [-0.3, -0.25) is 4.79 Å². The number of carbonyl (C=O) groups excluding carboxylic acids is 1. The summed E-state index contributed by atoms with van der Waals surface area (Å²) in [4.78, 5) is 19.9. The van der Waals surface area contributed by atoms with Crippen molar-refractivity contribution in [2.45, 2.75) is 6.92 Å². The van der Waals surface area contributed by atoms with E-state index in [2.05, 4.69) is 20.6 Å². The topological polar surface area (TPSA) is 94.6 Å². The summed E-state index contributed by atoms with van der Waals surface area (Å²) < 4.78 is 16.3. The van der Waals surface area contributed by atoms with E-state index in [0.29, 0.717) is 39.7 Å². The summed E-state index contributed by atoms with van der Waals surface area (Å²) in [6.07, 6.45) is 1.44. The van der Waals surface area contributed by atoms with Crippen molar-refractivity contribution < 1.29 is 19.0 Å². The molecular weight excluding hydrogens is 348 g/mol. The maximum atomic E-state index is 11.3. The van der Waals surface area contributed by atoms with Crippen molar-refractivity contribution in [1.29, 1.82) is 0 Å². The van der Waals surface area contributed by atoms with Gasteiger partial charge in [-0.05, 0) is 24.3 Å². The molecule has 3 aromatic rings. The van der Waals surface area contributed by atoms with Crippen LogP contribution in [-0.2, 0) is 4.79 Å². The summed E-state index contributed by atoms with van der Waals surface area (Å²) in [6.45, 7) is 1.46. The van der Waals surface area contributed by atoms with Crippen molar-refractivity contribution in [3.8, 4) is 17.2 Å². The predicted octanol–water partition coefficient (Wildman–Crippen LogP) is 3.36. The number of ether oxygens (including phenoxy) is 3. The molecule has 0 aliphatic rings. The van der Waals surface area contributed by atoms with Crippen LogP contribution in [-0.4, -0.2) is 37.2 Å². The van der Waals surface area contributed by atoms with Crippen LogP contribution in [0.15, 0.2) is 36.7 Å². The van der Waals surface area contributed by atoms with Gasteiger partial charge in [0, 0.05) is 18.3 Å². The Hall–Kier alpha value is -3.55. The molecule has 27 heavy (non-hydrogen) atoms. The number of hydrogen-bond donors (Lipinski definition) is 2. The second kappa shape index (κ2) is 7.77. The molecular formula is C19H20N4O4. The third-order valence-corrected chi connectivity index (χ3v) is 3.88. The van der Waals surface area contributed by atoms with Crippen LogP contribution in [0.5, 0.6) is 17.2 Å². The van der Waals surface area contributed by atoms with Crippen molar-refractivity contribution in [3.05, 3.63) is 36.7 Å². The summed E-state index contributed by atoms with van der Waals surface area (Å²) in [7, 11) is 4.64. The standard InChI is InChI=1S/C19H20N4O4/c1-11(24)22-12-6-5-7-13(8-12)23-19-14-9-15(25-2)17(26-3)18(27-4)16(14)20-10-21-19/h5-10H,1-4H3,(H,22,24)(H,20,21,23). The van der Waals surface area contributed by atoms with Crippen LogP contribution >= 0.6 is 0 Å². The van der Waals surface area contributed by atoms with Gasteiger partial charge in [-0.25, -0.2) is 9.97 Å². The molecule has 0 fully saturated rings. The van der Waals surface area contributed by atoms with Crippen molar-refractivity contribution in [1.82, 2.24) is 9.97 Å². The molecule has 0 radical (unpaired) electrons. The Morgan fingerprint density at radius 2 is 1.70 bits per heavy atom. The van der Waals surface area contributed by atoms with Gasteiger partial charge in [0.25, 0.3) is 0 Å². The van der Waals surface area contributed by atoms with E-state index in [9.17, 15) is 4.79 Å². The number of amides is 1. The fourth-order valence-electron chi connectivity index (χ4n) is 2.78. The minimum absolute atomic E-state index is 0.138. The second-order valence-electron chi connectivity index (χ2n) is 5.65. The first kappa shape index (κ1) is 18.2. The summed E-state index contributed by atoms with van der Waals surface area (Å²) in [5.41, 5.74) is 2.03. The number of nitrogens with one attached hydrogen (secondary N) is 2. The normalized spacial score (nSPS) is 10.4. The number of carbonyl (C=O) groups is 1. The van der Waals surface area contributed by atoms with E-state index in [4.69, 9.17) is 14.2 Å². The molecule has 0 saturated heterocycles. The molecule has 0 spiro atoms. The number of nitrogens with zero attached hydrogens (tertiary/aromatic N) is 2. The molecule has 0 unspecified atom stereocenters. The molecule has 0 saturated carbocycles. The predicted molar refractivity (Wildman–Crippen MR) is 103 cm³/mol. The van der Waals surface area contributed by atoms with Crippen LogP contribution in [0.1, 0.15) is 6.92 Å². The highest BCUT2D eigenvalue weighted by Crippen LogP contribution is 2.44. The lowest BCUT2D eigenvalue weighted by molar-refractivity contribution is -0.114.